The third kappa shape index (κ3) is 5.09. The molecule has 0 heterocycles. The first kappa shape index (κ1) is 16.5. The number of hydrogen-bond donors (Lipinski definition) is 2. The molecule has 0 amide bonds. The predicted octanol–water partition coefficient (Wildman–Crippen LogP) is 2.65. The Kier molecular flexibility index (Phi) is 6.21. The quantitative estimate of drug-likeness (QED) is 0.776. The molecular weight excluding hydrogens is 284 g/mol. The molecule has 0 atom stereocenters. The van der Waals surface area contributed by atoms with Crippen LogP contribution in [0.3, 0.4) is 0 Å². The maximum Gasteiger partial charge on any atom is 0.240 e. The summed E-state index contributed by atoms with van der Waals surface area (Å²) in [7, 11) is -3.38. The second kappa shape index (κ2) is 7.92. The van der Waals surface area contributed by atoms with Crippen LogP contribution in [0.2, 0.25) is 0 Å². The van der Waals surface area contributed by atoms with Crippen molar-refractivity contribution < 1.29 is 8.42 Å². The van der Waals surface area contributed by atoms with Crippen LogP contribution in [0.15, 0.2) is 29.2 Å². The second-order valence-electron chi connectivity index (χ2n) is 5.76. The summed E-state index contributed by atoms with van der Waals surface area (Å²) in [4.78, 5) is 0.365. The molecule has 118 valence electrons. The molecule has 0 bridgehead atoms. The molecule has 4 nitrogen and oxygen atoms in total. The zero-order valence-corrected chi connectivity index (χ0v) is 13.6. The van der Waals surface area contributed by atoms with E-state index in [1.807, 2.05) is 13.0 Å². The lowest BCUT2D eigenvalue weighted by Gasteiger charge is -2.11. The predicted molar refractivity (Wildman–Crippen MR) is 85.6 cm³/mol. The monoisotopic (exact) mass is 310 g/mol. The van der Waals surface area contributed by atoms with Crippen LogP contribution in [0.4, 0.5) is 0 Å². The maximum absolute atomic E-state index is 12.3. The Balaban J connectivity index is 1.91. The minimum atomic E-state index is -3.38. The molecule has 0 spiro atoms. The Hall–Kier alpha value is -0.910. The molecule has 5 heteroatoms. The minimum absolute atomic E-state index is 0.365. The number of sulfonamides is 1. The molecule has 0 aromatic heterocycles. The Labute approximate surface area is 128 Å². The van der Waals surface area contributed by atoms with Crippen LogP contribution in [0.1, 0.15) is 44.6 Å². The van der Waals surface area contributed by atoms with Crippen LogP contribution in [0, 0.1) is 5.92 Å². The Bertz CT molecular complexity index is 537. The fraction of sp³-hybridized carbons (Fsp3) is 0.625. The first-order valence-electron chi connectivity index (χ1n) is 7.91. The first-order valence-corrected chi connectivity index (χ1v) is 9.39. The molecule has 2 rings (SSSR count). The van der Waals surface area contributed by atoms with Gasteiger partial charge in [0.15, 0.2) is 0 Å². The number of nitrogens with one attached hydrogen (secondary N) is 2. The molecule has 1 aliphatic rings. The number of benzene rings is 1. The van der Waals surface area contributed by atoms with Gasteiger partial charge in [-0.15, -0.1) is 0 Å². The topological polar surface area (TPSA) is 58.2 Å². The number of rotatable bonds is 8. The van der Waals surface area contributed by atoms with Gasteiger partial charge in [0.1, 0.15) is 0 Å². The summed E-state index contributed by atoms with van der Waals surface area (Å²) in [6.07, 6.45) is 6.05. The van der Waals surface area contributed by atoms with Crippen molar-refractivity contribution in [3.63, 3.8) is 0 Å². The summed E-state index contributed by atoms with van der Waals surface area (Å²) < 4.78 is 27.3. The van der Waals surface area contributed by atoms with E-state index in [1.54, 1.807) is 18.2 Å². The van der Waals surface area contributed by atoms with Crippen LogP contribution in [-0.4, -0.2) is 21.5 Å². The summed E-state index contributed by atoms with van der Waals surface area (Å²) >= 11 is 0. The third-order valence-electron chi connectivity index (χ3n) is 4.11. The van der Waals surface area contributed by atoms with Crippen LogP contribution in [0.25, 0.3) is 0 Å². The van der Waals surface area contributed by atoms with Gasteiger partial charge < -0.3 is 5.32 Å². The van der Waals surface area contributed by atoms with Gasteiger partial charge in [-0.05, 0) is 36.6 Å². The van der Waals surface area contributed by atoms with E-state index in [4.69, 9.17) is 0 Å². The Morgan fingerprint density at radius 1 is 1.24 bits per heavy atom. The van der Waals surface area contributed by atoms with E-state index in [0.717, 1.165) is 18.5 Å². The van der Waals surface area contributed by atoms with Gasteiger partial charge in [0.25, 0.3) is 0 Å². The van der Waals surface area contributed by atoms with E-state index in [0.29, 0.717) is 23.9 Å². The average Bonchev–Trinajstić information content (AvgIpc) is 2.98. The summed E-state index contributed by atoms with van der Waals surface area (Å²) in [6, 6.07) is 7.16. The third-order valence-corrected chi connectivity index (χ3v) is 5.57. The van der Waals surface area contributed by atoms with Crippen LogP contribution >= 0.6 is 0 Å². The molecule has 1 aliphatic carbocycles. The smallest absolute Gasteiger partial charge is 0.240 e. The van der Waals surface area contributed by atoms with E-state index < -0.39 is 10.0 Å². The van der Waals surface area contributed by atoms with Crippen LogP contribution in [0.5, 0.6) is 0 Å². The lowest BCUT2D eigenvalue weighted by molar-refractivity contribution is 0.495. The highest BCUT2D eigenvalue weighted by molar-refractivity contribution is 7.89. The molecule has 1 fully saturated rings. The molecule has 1 aromatic rings. The molecular formula is C16H26N2O2S. The largest absolute Gasteiger partial charge is 0.313 e. The van der Waals surface area contributed by atoms with E-state index in [1.165, 1.54) is 25.7 Å². The first-order chi connectivity index (χ1) is 10.1. The molecule has 1 saturated carbocycles. The van der Waals surface area contributed by atoms with Crippen molar-refractivity contribution in [1.82, 2.24) is 10.0 Å². The highest BCUT2D eigenvalue weighted by Gasteiger charge is 2.17. The summed E-state index contributed by atoms with van der Waals surface area (Å²) in [6.45, 7) is 4.15. The second-order valence-corrected chi connectivity index (χ2v) is 7.53. The summed E-state index contributed by atoms with van der Waals surface area (Å²) in [5.41, 5.74) is 0.996. The lowest BCUT2D eigenvalue weighted by atomic mass is 10.1. The van der Waals surface area contributed by atoms with Crippen molar-refractivity contribution >= 4 is 10.0 Å². The van der Waals surface area contributed by atoms with Crippen molar-refractivity contribution in [2.75, 3.05) is 13.1 Å². The molecule has 1 aromatic carbocycles. The SMILES string of the molecule is CCNCc1cccc(S(=O)(=O)NCCC2CCCC2)c1. The summed E-state index contributed by atoms with van der Waals surface area (Å²) in [5.74, 6) is 0.702. The van der Waals surface area contributed by atoms with Gasteiger partial charge in [-0.2, -0.15) is 0 Å². The van der Waals surface area contributed by atoms with Crippen LogP contribution < -0.4 is 10.0 Å². The van der Waals surface area contributed by atoms with Gasteiger partial charge in [-0.25, -0.2) is 13.1 Å². The Morgan fingerprint density at radius 2 is 2.00 bits per heavy atom. The van der Waals surface area contributed by atoms with Crippen molar-refractivity contribution in [2.45, 2.75) is 50.5 Å². The van der Waals surface area contributed by atoms with Gasteiger partial charge in [0.05, 0.1) is 4.90 Å². The van der Waals surface area contributed by atoms with Gasteiger partial charge in [0.2, 0.25) is 10.0 Å². The summed E-state index contributed by atoms with van der Waals surface area (Å²) in [5, 5.41) is 3.21. The van der Waals surface area contributed by atoms with Crippen molar-refractivity contribution in [3.05, 3.63) is 29.8 Å². The normalized spacial score (nSPS) is 16.4. The van der Waals surface area contributed by atoms with E-state index >= 15 is 0 Å². The van der Waals surface area contributed by atoms with Gasteiger partial charge in [-0.1, -0.05) is 44.7 Å². The molecule has 0 radical (unpaired) electrons. The van der Waals surface area contributed by atoms with E-state index in [9.17, 15) is 8.42 Å². The fourth-order valence-electron chi connectivity index (χ4n) is 2.87. The van der Waals surface area contributed by atoms with Crippen LogP contribution in [-0.2, 0) is 16.6 Å². The lowest BCUT2D eigenvalue weighted by Crippen LogP contribution is -2.26. The molecule has 21 heavy (non-hydrogen) atoms. The van der Waals surface area contributed by atoms with Gasteiger partial charge in [-0.3, -0.25) is 0 Å². The highest BCUT2D eigenvalue weighted by atomic mass is 32.2. The highest BCUT2D eigenvalue weighted by Crippen LogP contribution is 2.27. The van der Waals surface area contributed by atoms with Crippen molar-refractivity contribution in [2.24, 2.45) is 5.92 Å². The van der Waals surface area contributed by atoms with E-state index in [2.05, 4.69) is 10.0 Å². The molecule has 0 aliphatic heterocycles. The average molecular weight is 310 g/mol. The van der Waals surface area contributed by atoms with Gasteiger partial charge >= 0.3 is 0 Å². The number of hydrogen-bond acceptors (Lipinski definition) is 3. The van der Waals surface area contributed by atoms with Crippen molar-refractivity contribution in [3.8, 4) is 0 Å². The van der Waals surface area contributed by atoms with Crippen molar-refractivity contribution in [1.29, 1.82) is 0 Å². The Morgan fingerprint density at radius 3 is 2.71 bits per heavy atom. The standard InChI is InChI=1S/C16H26N2O2S/c1-2-17-13-15-8-5-9-16(12-15)21(19,20)18-11-10-14-6-3-4-7-14/h5,8-9,12,14,17-18H,2-4,6-7,10-11,13H2,1H3. The fourth-order valence-corrected chi connectivity index (χ4v) is 3.99. The molecule has 2 N–H and O–H groups in total. The minimum Gasteiger partial charge on any atom is -0.313 e. The molecule has 0 unspecified atom stereocenters. The van der Waals surface area contributed by atoms with E-state index in [-0.39, 0.29) is 0 Å². The van der Waals surface area contributed by atoms with Gasteiger partial charge in [0, 0.05) is 13.1 Å². The maximum atomic E-state index is 12.3. The zero-order valence-electron chi connectivity index (χ0n) is 12.8. The zero-order chi connectivity index (χ0) is 15.1. The molecule has 0 saturated heterocycles.